The lowest BCUT2D eigenvalue weighted by molar-refractivity contribution is -0.126. The van der Waals surface area contributed by atoms with E-state index in [0.717, 1.165) is 5.56 Å². The van der Waals surface area contributed by atoms with Crippen molar-refractivity contribution >= 4 is 24.6 Å². The minimum atomic E-state index is -1.31. The first-order valence-electron chi connectivity index (χ1n) is 9.71. The molecule has 0 aliphatic rings. The van der Waals surface area contributed by atoms with Crippen LogP contribution in [0.25, 0.3) is 0 Å². The van der Waals surface area contributed by atoms with Crippen molar-refractivity contribution in [1.82, 2.24) is 25.5 Å². The average molecular weight is 423 g/mol. The highest BCUT2D eigenvalue weighted by molar-refractivity contribution is 6.40. The van der Waals surface area contributed by atoms with Crippen LogP contribution in [-0.4, -0.2) is 43.3 Å². The molecule has 0 fully saturated rings. The molecule has 29 heavy (non-hydrogen) atoms. The lowest BCUT2D eigenvalue weighted by atomic mass is 9.83. The lowest BCUT2D eigenvalue weighted by Gasteiger charge is -2.23. The van der Waals surface area contributed by atoms with Crippen molar-refractivity contribution in [2.24, 2.45) is 11.7 Å². The molecule has 1 amide bonds. The molecule has 2 atom stereocenters. The second kappa shape index (κ2) is 11.2. The van der Waals surface area contributed by atoms with Gasteiger partial charge in [-0.2, -0.15) is 0 Å². The molecule has 2 aromatic rings. The summed E-state index contributed by atoms with van der Waals surface area (Å²) < 4.78 is 1.49. The van der Waals surface area contributed by atoms with E-state index < -0.39 is 19.2 Å². The second-order valence-corrected chi connectivity index (χ2v) is 7.82. The molecule has 1 aromatic carbocycles. The van der Waals surface area contributed by atoms with Gasteiger partial charge in [0.05, 0.1) is 6.04 Å². The highest BCUT2D eigenvalue weighted by Gasteiger charge is 2.29. The van der Waals surface area contributed by atoms with Gasteiger partial charge in [-0.05, 0) is 46.8 Å². The number of tetrazole rings is 1. The van der Waals surface area contributed by atoms with Crippen LogP contribution in [0.3, 0.4) is 0 Å². The third-order valence-corrected chi connectivity index (χ3v) is 4.87. The average Bonchev–Trinajstić information content (AvgIpc) is 3.13. The summed E-state index contributed by atoms with van der Waals surface area (Å²) in [4.78, 5) is 12.9. The topological polar surface area (TPSA) is 139 Å². The first kappa shape index (κ1) is 23.3. The molecule has 2 unspecified atom stereocenters. The van der Waals surface area contributed by atoms with Crippen molar-refractivity contribution in [2.45, 2.75) is 58.1 Å². The van der Waals surface area contributed by atoms with Crippen LogP contribution in [0.2, 0.25) is 11.3 Å². The van der Waals surface area contributed by atoms with Gasteiger partial charge in [0.15, 0.2) is 5.82 Å². The van der Waals surface area contributed by atoms with Crippen molar-refractivity contribution < 1.29 is 14.8 Å². The van der Waals surface area contributed by atoms with Gasteiger partial charge in [-0.15, -0.1) is 5.10 Å². The Balaban J connectivity index is 2.03. The third kappa shape index (κ3) is 7.07. The fourth-order valence-corrected chi connectivity index (χ4v) is 3.18. The summed E-state index contributed by atoms with van der Waals surface area (Å²) in [5.41, 5.74) is 7.18. The zero-order valence-electron chi connectivity index (χ0n) is 16.7. The predicted molar refractivity (Wildman–Crippen MR) is 111 cm³/mol. The van der Waals surface area contributed by atoms with E-state index in [0.29, 0.717) is 43.0 Å². The van der Waals surface area contributed by atoms with Gasteiger partial charge in [0.25, 0.3) is 0 Å². The Morgan fingerprint density at radius 3 is 2.59 bits per heavy atom. The lowest BCUT2D eigenvalue weighted by Crippen LogP contribution is -2.37. The highest BCUT2D eigenvalue weighted by atomic mass is 35.5. The Labute approximate surface area is 175 Å². The number of halogens is 1. The minimum absolute atomic E-state index is 0.0563. The number of aromatic nitrogens is 4. The van der Waals surface area contributed by atoms with E-state index in [1.165, 1.54) is 4.68 Å². The van der Waals surface area contributed by atoms with E-state index in [9.17, 15) is 4.79 Å². The number of hydrogen-bond acceptors (Lipinski definition) is 7. The summed E-state index contributed by atoms with van der Waals surface area (Å²) in [5.74, 6) is 0.188. The van der Waals surface area contributed by atoms with E-state index in [1.54, 1.807) is 12.1 Å². The molecule has 5 N–H and O–H groups in total. The zero-order valence-corrected chi connectivity index (χ0v) is 17.5. The molecular formula is C18H28BClN6O3. The number of nitrogens with two attached hydrogens (primary N) is 1. The van der Waals surface area contributed by atoms with Crippen LogP contribution < -0.4 is 11.1 Å². The molecule has 0 aliphatic carbocycles. The first-order valence-corrected chi connectivity index (χ1v) is 10.1. The van der Waals surface area contributed by atoms with Gasteiger partial charge in [-0.1, -0.05) is 50.4 Å². The summed E-state index contributed by atoms with van der Waals surface area (Å²) >= 11 is 5.89. The van der Waals surface area contributed by atoms with Crippen LogP contribution in [0.1, 0.15) is 56.6 Å². The van der Waals surface area contributed by atoms with Crippen LogP contribution >= 0.6 is 11.6 Å². The van der Waals surface area contributed by atoms with Crippen molar-refractivity contribution in [3.05, 3.63) is 40.7 Å². The number of amides is 1. The molecule has 0 aliphatic heterocycles. The summed E-state index contributed by atoms with van der Waals surface area (Å²) in [6, 6.07) is 6.21. The molecule has 0 spiro atoms. The van der Waals surface area contributed by atoms with Crippen molar-refractivity contribution in [3.63, 3.8) is 0 Å². The molecule has 1 heterocycles. The number of nitrogens with zero attached hydrogens (tertiary/aromatic N) is 4. The molecule has 0 saturated heterocycles. The zero-order chi connectivity index (χ0) is 21.4. The molecule has 11 heteroatoms. The summed E-state index contributed by atoms with van der Waals surface area (Å²) in [6.45, 7) is 4.21. The van der Waals surface area contributed by atoms with E-state index in [1.807, 2.05) is 26.0 Å². The van der Waals surface area contributed by atoms with E-state index in [4.69, 9.17) is 27.4 Å². The number of nitrogens with one attached hydrogen (secondary N) is 1. The number of unbranched alkanes of at least 4 members (excludes halogenated alkanes) is 1. The molecule has 158 valence electrons. The largest absolute Gasteiger partial charge is 0.451 e. The van der Waals surface area contributed by atoms with Gasteiger partial charge in [0.1, 0.15) is 6.04 Å². The highest BCUT2D eigenvalue weighted by Crippen LogP contribution is 2.23. The van der Waals surface area contributed by atoms with Gasteiger partial charge in [-0.25, -0.2) is 4.68 Å². The van der Waals surface area contributed by atoms with Crippen LogP contribution in [0.5, 0.6) is 0 Å². The maximum Gasteiger partial charge on any atom is 0.451 e. The second-order valence-electron chi connectivity index (χ2n) is 7.39. The first-order chi connectivity index (χ1) is 13.8. The molecule has 0 saturated carbocycles. The summed E-state index contributed by atoms with van der Waals surface area (Å²) in [7, 11) is -1.31. The number of rotatable bonds is 11. The van der Waals surface area contributed by atoms with E-state index in [2.05, 4.69) is 20.8 Å². The normalized spacial score (nSPS) is 13.3. The standard InChI is InChI=1S/C18H28BClN6O3/c1-12(2)16(18(27)22-11-13-6-8-14(20)9-7-13)26-17(23-24-25-26)15(21)5-3-4-10-19(28)29/h6-9,12,15-16,28-29H,3-5,10-11,21H2,1-2H3,(H,22,27). The number of carbonyl (C=O) groups is 1. The fraction of sp³-hybridized carbons (Fsp3) is 0.556. The number of hydrogen-bond donors (Lipinski definition) is 4. The molecular weight excluding hydrogens is 395 g/mol. The fourth-order valence-electron chi connectivity index (χ4n) is 3.06. The van der Waals surface area contributed by atoms with Crippen molar-refractivity contribution in [2.75, 3.05) is 0 Å². The SMILES string of the molecule is CC(C)C(C(=O)NCc1ccc(Cl)cc1)n1nnnc1C(N)CCCCB(O)O. The minimum Gasteiger partial charge on any atom is -0.427 e. The van der Waals surface area contributed by atoms with Gasteiger partial charge in [0, 0.05) is 11.6 Å². The molecule has 0 radical (unpaired) electrons. The summed E-state index contributed by atoms with van der Waals surface area (Å²) in [6.07, 6.45) is 2.19. The van der Waals surface area contributed by atoms with Crippen LogP contribution in [0.15, 0.2) is 24.3 Å². The van der Waals surface area contributed by atoms with Crippen LogP contribution in [0, 0.1) is 5.92 Å². The van der Waals surface area contributed by atoms with Gasteiger partial charge in [0.2, 0.25) is 5.91 Å². The molecule has 0 bridgehead atoms. The maximum absolute atomic E-state index is 12.9. The van der Waals surface area contributed by atoms with Gasteiger partial charge < -0.3 is 21.1 Å². The van der Waals surface area contributed by atoms with Gasteiger partial charge in [-0.3, -0.25) is 4.79 Å². The molecule has 2 rings (SSSR count). The monoisotopic (exact) mass is 422 g/mol. The van der Waals surface area contributed by atoms with Crippen molar-refractivity contribution in [3.8, 4) is 0 Å². The predicted octanol–water partition coefficient (Wildman–Crippen LogP) is 1.48. The quantitative estimate of drug-likeness (QED) is 0.318. The van der Waals surface area contributed by atoms with Crippen molar-refractivity contribution in [1.29, 1.82) is 0 Å². The van der Waals surface area contributed by atoms with E-state index >= 15 is 0 Å². The number of benzene rings is 1. The Bertz CT molecular complexity index is 771. The van der Waals surface area contributed by atoms with E-state index in [-0.39, 0.29) is 11.8 Å². The maximum atomic E-state index is 12.9. The molecule has 9 nitrogen and oxygen atoms in total. The Morgan fingerprint density at radius 2 is 1.97 bits per heavy atom. The number of carbonyl (C=O) groups excluding carboxylic acids is 1. The Hall–Kier alpha value is -2.01. The van der Waals surface area contributed by atoms with Crippen LogP contribution in [-0.2, 0) is 11.3 Å². The third-order valence-electron chi connectivity index (χ3n) is 4.62. The Kier molecular flexibility index (Phi) is 9.03. The Morgan fingerprint density at radius 1 is 1.28 bits per heavy atom. The smallest absolute Gasteiger partial charge is 0.427 e. The summed E-state index contributed by atoms with van der Waals surface area (Å²) in [5, 5.41) is 33.2. The van der Waals surface area contributed by atoms with Crippen LogP contribution in [0.4, 0.5) is 0 Å². The van der Waals surface area contributed by atoms with Gasteiger partial charge >= 0.3 is 7.12 Å². The molecule has 1 aromatic heterocycles.